The molecule has 0 saturated carbocycles. The monoisotopic (exact) mass is 725 g/mol. The Morgan fingerprint density at radius 3 is 0.810 bits per heavy atom. The standard InChI is InChI=1S/C32H36NO6P2.Cs/c1-21-9-13-29(17-25(21)5)36-40(34,37-30-14-10-22(2)26(6)18-30)33-41(35,38-31-15-11-23(3)27(7)19-31)39-32-16-12-24(4)28(8)20-32;/h9-20H,1-8H3;/q-1;+1. The molecule has 0 aromatic heterocycles. The zero-order valence-electron chi connectivity index (χ0n) is 25.7. The van der Waals surface area contributed by atoms with Crippen molar-refractivity contribution >= 4 is 15.5 Å². The summed E-state index contributed by atoms with van der Waals surface area (Å²) in [7, 11) is -9.12. The van der Waals surface area contributed by atoms with Gasteiger partial charge in [-0.15, -0.1) is 0 Å². The van der Waals surface area contributed by atoms with Gasteiger partial charge in [0.2, 0.25) is 0 Å². The summed E-state index contributed by atoms with van der Waals surface area (Å²) in [4.78, 5) is 4.15. The molecule has 0 fully saturated rings. The van der Waals surface area contributed by atoms with E-state index in [4.69, 9.17) is 18.1 Å². The molecule has 0 atom stereocenters. The summed E-state index contributed by atoms with van der Waals surface area (Å²) in [5, 5.41) is 0. The summed E-state index contributed by atoms with van der Waals surface area (Å²) < 4.78 is 52.5. The number of hydrogen-bond donors (Lipinski definition) is 0. The van der Waals surface area contributed by atoms with Gasteiger partial charge in [0.05, 0.1) is 0 Å². The van der Waals surface area contributed by atoms with Crippen molar-refractivity contribution in [3.8, 4) is 23.0 Å². The maximum Gasteiger partial charge on any atom is 1.00 e. The first kappa shape index (κ1) is 35.0. The van der Waals surface area contributed by atoms with Crippen LogP contribution in [0, 0.1) is 55.4 Å². The maximum absolute atomic E-state index is 14.4. The average Bonchev–Trinajstić information content (AvgIpc) is 2.88. The number of benzene rings is 4. The first-order chi connectivity index (χ1) is 19.2. The molecule has 7 nitrogen and oxygen atoms in total. The number of rotatable bonds is 10. The fourth-order valence-corrected chi connectivity index (χ4v) is 7.11. The van der Waals surface area contributed by atoms with Crippen molar-refractivity contribution in [2.24, 2.45) is 0 Å². The molecule has 42 heavy (non-hydrogen) atoms. The first-order valence-corrected chi connectivity index (χ1v) is 16.3. The molecule has 0 unspecified atom stereocenters. The first-order valence-electron chi connectivity index (χ1n) is 13.3. The van der Waals surface area contributed by atoms with Crippen molar-refractivity contribution in [2.45, 2.75) is 55.4 Å². The van der Waals surface area contributed by atoms with Crippen LogP contribution in [-0.4, -0.2) is 0 Å². The third-order valence-electron chi connectivity index (χ3n) is 7.02. The van der Waals surface area contributed by atoms with E-state index in [1.54, 1.807) is 48.5 Å². The molecule has 0 saturated heterocycles. The van der Waals surface area contributed by atoms with Crippen molar-refractivity contribution in [3.05, 3.63) is 122 Å². The van der Waals surface area contributed by atoms with Crippen LogP contribution in [-0.2, 0) is 9.13 Å². The van der Waals surface area contributed by atoms with Crippen LogP contribution >= 0.6 is 15.5 Å². The fraction of sp³-hybridized carbons (Fsp3) is 0.250. The van der Waals surface area contributed by atoms with Gasteiger partial charge in [-0.05, 0) is 148 Å². The Hall–Kier alpha value is -1.45. The van der Waals surface area contributed by atoms with Crippen LogP contribution in [0.15, 0.2) is 72.8 Å². The van der Waals surface area contributed by atoms with Crippen LogP contribution in [0.2, 0.25) is 0 Å². The zero-order valence-corrected chi connectivity index (χ0v) is 33.8. The molecule has 0 heterocycles. The minimum absolute atomic E-state index is 0. The number of aryl methyl sites for hydroxylation is 8. The molecule has 4 rings (SSSR count). The molecule has 0 aliphatic heterocycles. The van der Waals surface area contributed by atoms with E-state index in [-0.39, 0.29) is 91.9 Å². The molecule has 216 valence electrons. The van der Waals surface area contributed by atoms with Crippen LogP contribution in [0.1, 0.15) is 44.5 Å². The van der Waals surface area contributed by atoms with Gasteiger partial charge in [0.25, 0.3) is 0 Å². The van der Waals surface area contributed by atoms with E-state index >= 15 is 0 Å². The van der Waals surface area contributed by atoms with Crippen molar-refractivity contribution in [1.82, 2.24) is 0 Å². The minimum atomic E-state index is -4.56. The molecule has 0 amide bonds. The quantitative estimate of drug-likeness (QED) is 0.159. The van der Waals surface area contributed by atoms with Crippen molar-refractivity contribution in [2.75, 3.05) is 0 Å². The van der Waals surface area contributed by atoms with Crippen molar-refractivity contribution < 1.29 is 96.1 Å². The van der Waals surface area contributed by atoms with E-state index in [0.717, 1.165) is 44.5 Å². The Bertz CT molecular complexity index is 1450. The van der Waals surface area contributed by atoms with Gasteiger partial charge < -0.3 is 23.0 Å². The average molecular weight is 725 g/mol. The third-order valence-corrected chi connectivity index (χ3v) is 10.5. The topological polar surface area (TPSA) is 85.2 Å². The van der Waals surface area contributed by atoms with Crippen LogP contribution in [0.4, 0.5) is 0 Å². The summed E-state index contributed by atoms with van der Waals surface area (Å²) in [6, 6.07) is 20.9. The zero-order chi connectivity index (χ0) is 29.9. The minimum Gasteiger partial charge on any atom is -0.429 e. The Morgan fingerprint density at radius 2 is 0.619 bits per heavy atom. The van der Waals surface area contributed by atoms with Crippen LogP contribution < -0.4 is 87.0 Å². The molecule has 0 spiro atoms. The van der Waals surface area contributed by atoms with E-state index in [1.807, 2.05) is 79.7 Å². The van der Waals surface area contributed by atoms with Gasteiger partial charge >= 0.3 is 84.4 Å². The van der Waals surface area contributed by atoms with Gasteiger partial charge in [-0.25, -0.2) is 0 Å². The Morgan fingerprint density at radius 1 is 0.405 bits per heavy atom. The van der Waals surface area contributed by atoms with E-state index in [9.17, 15) is 9.13 Å². The normalized spacial score (nSPS) is 11.4. The fourth-order valence-electron chi connectivity index (χ4n) is 3.86. The van der Waals surface area contributed by atoms with Gasteiger partial charge in [-0.1, -0.05) is 24.3 Å². The van der Waals surface area contributed by atoms with Gasteiger partial charge in [0.1, 0.15) is 23.0 Å². The maximum atomic E-state index is 14.4. The summed E-state index contributed by atoms with van der Waals surface area (Å²) in [5.41, 5.74) is 7.79. The summed E-state index contributed by atoms with van der Waals surface area (Å²) in [6.45, 7) is 15.5. The largest absolute Gasteiger partial charge is 1.00 e. The third kappa shape index (κ3) is 9.28. The second kappa shape index (κ2) is 14.6. The van der Waals surface area contributed by atoms with Gasteiger partial charge in [0.15, 0.2) is 0 Å². The molecule has 0 radical (unpaired) electrons. The van der Waals surface area contributed by atoms with Crippen LogP contribution in [0.3, 0.4) is 0 Å². The van der Waals surface area contributed by atoms with E-state index in [1.165, 1.54) is 0 Å². The Kier molecular flexibility index (Phi) is 12.1. The summed E-state index contributed by atoms with van der Waals surface area (Å²) >= 11 is 0. The van der Waals surface area contributed by atoms with Crippen LogP contribution in [0.5, 0.6) is 23.0 Å². The van der Waals surface area contributed by atoms with Gasteiger partial charge in [-0.3, -0.25) is 9.13 Å². The molecule has 0 aliphatic rings. The molecular weight excluding hydrogens is 689 g/mol. The molecular formula is C32H36CsNO6P2. The smallest absolute Gasteiger partial charge is 0.429 e. The molecule has 0 N–H and O–H groups in total. The summed E-state index contributed by atoms with van der Waals surface area (Å²) in [6.07, 6.45) is 0. The SMILES string of the molecule is Cc1ccc(OP(=O)([N-]P(=O)(Oc2ccc(C)c(C)c2)Oc2ccc(C)c(C)c2)Oc2ccc(C)c(C)c2)cc1C.[Cs+]. The Labute approximate surface area is 308 Å². The van der Waals surface area contributed by atoms with Crippen molar-refractivity contribution in [3.63, 3.8) is 0 Å². The predicted octanol–water partition coefficient (Wildman–Crippen LogP) is 7.36. The number of hydrogen-bond acceptors (Lipinski definition) is 6. The molecule has 4 aromatic carbocycles. The van der Waals surface area contributed by atoms with Gasteiger partial charge in [0, 0.05) is 0 Å². The van der Waals surface area contributed by atoms with E-state index in [0.29, 0.717) is 0 Å². The van der Waals surface area contributed by atoms with E-state index < -0.39 is 15.5 Å². The second-order valence-corrected chi connectivity index (χ2v) is 13.7. The Balaban J connectivity index is 0.00000484. The van der Waals surface area contributed by atoms with Gasteiger partial charge in [-0.2, -0.15) is 0 Å². The summed E-state index contributed by atoms with van der Waals surface area (Å²) in [5.74, 6) is 0.974. The predicted molar refractivity (Wildman–Crippen MR) is 165 cm³/mol. The molecule has 4 aromatic rings. The van der Waals surface area contributed by atoms with Crippen molar-refractivity contribution in [1.29, 1.82) is 0 Å². The number of nitrogens with zero attached hydrogens (tertiary/aromatic N) is 1. The molecule has 0 bridgehead atoms. The molecule has 0 aliphatic carbocycles. The van der Waals surface area contributed by atoms with E-state index in [2.05, 4.69) is 4.86 Å². The second-order valence-electron chi connectivity index (χ2n) is 10.4. The molecule has 10 heteroatoms. The van der Waals surface area contributed by atoms with Crippen LogP contribution in [0.25, 0.3) is 4.86 Å².